The topological polar surface area (TPSA) is 75.7 Å². The zero-order chi connectivity index (χ0) is 22.9. The van der Waals surface area contributed by atoms with Crippen LogP contribution in [0.1, 0.15) is 22.3 Å². The molecular weight excluding hydrogens is 471 g/mol. The summed E-state index contributed by atoms with van der Waals surface area (Å²) in [6.07, 6.45) is 1.37. The summed E-state index contributed by atoms with van der Waals surface area (Å²) in [7, 11) is -2.20. The molecule has 0 atom stereocenters. The van der Waals surface area contributed by atoms with E-state index >= 15 is 0 Å². The number of methoxy groups -OCH3 is 1. The predicted molar refractivity (Wildman–Crippen MR) is 127 cm³/mol. The maximum absolute atomic E-state index is 13.3. The Hall–Kier alpha value is -2.74. The van der Waals surface area contributed by atoms with Gasteiger partial charge in [-0.25, -0.2) is 8.42 Å². The molecule has 9 heteroatoms. The number of benzene rings is 3. The standard InChI is InChI=1S/C23H20Cl2N2O4S/c1-31-18-6-8-19(9-7-18)32(29,30)27-12-2-3-15-13-17(5-11-22(15)27)26-23(28)20-14-16(24)4-10-21(20)25/h4-11,13-14H,2-3,12H2,1H3,(H,26,28). The number of rotatable bonds is 5. The fourth-order valence-corrected chi connectivity index (χ4v) is 5.55. The minimum atomic E-state index is -3.73. The van der Waals surface area contributed by atoms with Gasteiger partial charge in [-0.2, -0.15) is 0 Å². The molecular formula is C23H20Cl2N2O4S. The minimum absolute atomic E-state index is 0.194. The second kappa shape index (κ2) is 9.02. The molecule has 0 unspecified atom stereocenters. The molecule has 3 aromatic rings. The smallest absolute Gasteiger partial charge is 0.264 e. The molecule has 1 heterocycles. The van der Waals surface area contributed by atoms with Gasteiger partial charge < -0.3 is 10.1 Å². The van der Waals surface area contributed by atoms with E-state index in [9.17, 15) is 13.2 Å². The monoisotopic (exact) mass is 490 g/mol. The van der Waals surface area contributed by atoms with E-state index in [0.29, 0.717) is 46.6 Å². The Kier molecular flexibility index (Phi) is 6.33. The summed E-state index contributed by atoms with van der Waals surface area (Å²) in [5, 5.41) is 3.51. The molecule has 0 spiro atoms. The van der Waals surface area contributed by atoms with E-state index in [-0.39, 0.29) is 10.5 Å². The van der Waals surface area contributed by atoms with Crippen LogP contribution in [0.15, 0.2) is 65.6 Å². The van der Waals surface area contributed by atoms with Gasteiger partial charge in [-0.15, -0.1) is 0 Å². The summed E-state index contributed by atoms with van der Waals surface area (Å²) in [6.45, 7) is 0.380. The average Bonchev–Trinajstić information content (AvgIpc) is 2.80. The summed E-state index contributed by atoms with van der Waals surface area (Å²) in [5.41, 5.74) is 2.25. The summed E-state index contributed by atoms with van der Waals surface area (Å²) < 4.78 is 33.0. The van der Waals surface area contributed by atoms with Crippen molar-refractivity contribution in [2.75, 3.05) is 23.3 Å². The number of fused-ring (bicyclic) bond motifs is 1. The van der Waals surface area contributed by atoms with Crippen LogP contribution in [0.5, 0.6) is 5.75 Å². The highest BCUT2D eigenvalue weighted by Crippen LogP contribution is 2.34. The van der Waals surface area contributed by atoms with Crippen molar-refractivity contribution in [3.05, 3.63) is 81.8 Å². The van der Waals surface area contributed by atoms with Crippen LogP contribution in [-0.2, 0) is 16.4 Å². The number of nitrogens with zero attached hydrogens (tertiary/aromatic N) is 1. The van der Waals surface area contributed by atoms with E-state index in [4.69, 9.17) is 27.9 Å². The van der Waals surface area contributed by atoms with E-state index in [1.165, 1.54) is 29.6 Å². The Bertz CT molecular complexity index is 1280. The summed E-state index contributed by atoms with van der Waals surface area (Å²) in [5.74, 6) is 0.194. The Labute approximate surface area is 196 Å². The average molecular weight is 491 g/mol. The number of carbonyl (C=O) groups excluding carboxylic acids is 1. The third-order valence-corrected chi connectivity index (χ3v) is 7.63. The van der Waals surface area contributed by atoms with Crippen molar-refractivity contribution in [2.45, 2.75) is 17.7 Å². The number of aryl methyl sites for hydroxylation is 1. The van der Waals surface area contributed by atoms with Crippen molar-refractivity contribution < 1.29 is 17.9 Å². The lowest BCUT2D eigenvalue weighted by molar-refractivity contribution is 0.102. The molecule has 3 aromatic carbocycles. The molecule has 0 aromatic heterocycles. The molecule has 6 nitrogen and oxygen atoms in total. The Balaban J connectivity index is 1.61. The molecule has 0 fully saturated rings. The first-order chi connectivity index (χ1) is 15.3. The number of carbonyl (C=O) groups is 1. The molecule has 0 saturated carbocycles. The van der Waals surface area contributed by atoms with Gasteiger partial charge in [0.15, 0.2) is 0 Å². The number of ether oxygens (including phenoxy) is 1. The second-order valence-corrected chi connectivity index (χ2v) is 9.98. The molecule has 1 aliphatic heterocycles. The summed E-state index contributed by atoms with van der Waals surface area (Å²) >= 11 is 12.1. The molecule has 0 saturated heterocycles. The fraction of sp³-hybridized carbons (Fsp3) is 0.174. The van der Waals surface area contributed by atoms with Gasteiger partial charge in [0.25, 0.3) is 15.9 Å². The number of halogens is 2. The number of nitrogens with one attached hydrogen (secondary N) is 1. The number of hydrogen-bond donors (Lipinski definition) is 1. The molecule has 166 valence electrons. The molecule has 1 amide bonds. The van der Waals surface area contributed by atoms with Gasteiger partial charge in [0.1, 0.15) is 5.75 Å². The molecule has 32 heavy (non-hydrogen) atoms. The van der Waals surface area contributed by atoms with Gasteiger partial charge in [-0.1, -0.05) is 23.2 Å². The first kappa shape index (κ1) is 22.5. The van der Waals surface area contributed by atoms with E-state index in [1.54, 1.807) is 42.5 Å². The summed E-state index contributed by atoms with van der Waals surface area (Å²) in [4.78, 5) is 12.8. The van der Waals surface area contributed by atoms with E-state index in [1.807, 2.05) is 0 Å². The number of anilines is 2. The highest BCUT2D eigenvalue weighted by atomic mass is 35.5. The largest absolute Gasteiger partial charge is 0.497 e. The highest BCUT2D eigenvalue weighted by molar-refractivity contribution is 7.92. The van der Waals surface area contributed by atoms with Crippen LogP contribution >= 0.6 is 23.2 Å². The fourth-order valence-electron chi connectivity index (χ4n) is 3.63. The first-order valence-corrected chi connectivity index (χ1v) is 12.1. The zero-order valence-electron chi connectivity index (χ0n) is 17.1. The van der Waals surface area contributed by atoms with E-state index in [2.05, 4.69) is 5.32 Å². The van der Waals surface area contributed by atoms with Crippen LogP contribution in [0.25, 0.3) is 0 Å². The third-order valence-electron chi connectivity index (χ3n) is 5.23. The number of sulfonamides is 1. The normalized spacial score (nSPS) is 13.4. The van der Waals surface area contributed by atoms with Crippen molar-refractivity contribution in [1.29, 1.82) is 0 Å². The van der Waals surface area contributed by atoms with Gasteiger partial charge in [0, 0.05) is 17.3 Å². The Morgan fingerprint density at radius 3 is 2.50 bits per heavy atom. The number of amides is 1. The van der Waals surface area contributed by atoms with Crippen LogP contribution in [0.3, 0.4) is 0 Å². The predicted octanol–water partition coefficient (Wildman–Crippen LogP) is 5.40. The third kappa shape index (κ3) is 4.41. The maximum Gasteiger partial charge on any atom is 0.264 e. The lowest BCUT2D eigenvalue weighted by Gasteiger charge is -2.31. The highest BCUT2D eigenvalue weighted by Gasteiger charge is 2.29. The second-order valence-electron chi connectivity index (χ2n) is 7.28. The SMILES string of the molecule is COc1ccc(S(=O)(=O)N2CCCc3cc(NC(=O)c4cc(Cl)ccc4Cl)ccc32)cc1. The van der Waals surface area contributed by atoms with Crippen LogP contribution in [-0.4, -0.2) is 28.0 Å². The zero-order valence-corrected chi connectivity index (χ0v) is 19.5. The van der Waals surface area contributed by atoms with Crippen molar-refractivity contribution in [1.82, 2.24) is 0 Å². The Morgan fingerprint density at radius 1 is 1.03 bits per heavy atom. The molecule has 0 aliphatic carbocycles. The quantitative estimate of drug-likeness (QED) is 0.519. The maximum atomic E-state index is 13.3. The van der Waals surface area contributed by atoms with Gasteiger partial charge >= 0.3 is 0 Å². The Morgan fingerprint density at radius 2 is 1.78 bits per heavy atom. The lowest BCUT2D eigenvalue weighted by atomic mass is 10.0. The van der Waals surface area contributed by atoms with Crippen molar-refractivity contribution in [2.24, 2.45) is 0 Å². The molecule has 0 radical (unpaired) electrons. The van der Waals surface area contributed by atoms with Crippen molar-refractivity contribution in [3.63, 3.8) is 0 Å². The van der Waals surface area contributed by atoms with Gasteiger partial charge in [0.2, 0.25) is 0 Å². The molecule has 4 rings (SSSR count). The number of hydrogen-bond acceptors (Lipinski definition) is 4. The van der Waals surface area contributed by atoms with Crippen LogP contribution < -0.4 is 14.4 Å². The summed E-state index contributed by atoms with van der Waals surface area (Å²) in [6, 6.07) is 16.2. The van der Waals surface area contributed by atoms with Gasteiger partial charge in [-0.05, 0) is 79.1 Å². The minimum Gasteiger partial charge on any atom is -0.497 e. The first-order valence-electron chi connectivity index (χ1n) is 9.86. The van der Waals surface area contributed by atoms with Crippen LogP contribution in [0.2, 0.25) is 10.0 Å². The van der Waals surface area contributed by atoms with Crippen molar-refractivity contribution >= 4 is 50.5 Å². The lowest BCUT2D eigenvalue weighted by Crippen LogP contribution is -2.35. The van der Waals surface area contributed by atoms with Crippen molar-refractivity contribution in [3.8, 4) is 5.75 Å². The molecule has 1 N–H and O–H groups in total. The van der Waals surface area contributed by atoms with Gasteiger partial charge in [-0.3, -0.25) is 9.10 Å². The van der Waals surface area contributed by atoms with E-state index < -0.39 is 15.9 Å². The van der Waals surface area contributed by atoms with Crippen LogP contribution in [0, 0.1) is 0 Å². The van der Waals surface area contributed by atoms with Gasteiger partial charge in [0.05, 0.1) is 28.3 Å². The molecule has 1 aliphatic rings. The molecule has 0 bridgehead atoms. The van der Waals surface area contributed by atoms with E-state index in [0.717, 1.165) is 5.56 Å². The van der Waals surface area contributed by atoms with Crippen LogP contribution in [0.4, 0.5) is 11.4 Å².